The molecule has 0 fully saturated rings. The second-order valence-electron chi connectivity index (χ2n) is 4.64. The second kappa shape index (κ2) is 8.69. The minimum atomic E-state index is -0.892. The number of benzene rings is 2. The van der Waals surface area contributed by atoms with E-state index in [0.29, 0.717) is 17.3 Å². The molecule has 2 aromatic carbocycles. The predicted octanol–water partition coefficient (Wildman–Crippen LogP) is 2.83. The molecule has 2 rings (SSSR count). The summed E-state index contributed by atoms with van der Waals surface area (Å²) in [5.41, 5.74) is 3.27. The fourth-order valence-corrected chi connectivity index (χ4v) is 1.96. The molecule has 0 aliphatic rings. The highest BCUT2D eigenvalue weighted by Crippen LogP contribution is 2.20. The van der Waals surface area contributed by atoms with Gasteiger partial charge in [-0.2, -0.15) is 5.10 Å². The van der Waals surface area contributed by atoms with E-state index in [4.69, 9.17) is 16.3 Å². The van der Waals surface area contributed by atoms with Gasteiger partial charge in [-0.1, -0.05) is 23.7 Å². The van der Waals surface area contributed by atoms with E-state index in [0.717, 1.165) is 11.3 Å². The standard InChI is InChI=1S/C17H16ClN3O3/c1-2-24-13-9-7-12(8-10-13)11-19-21-17(23)16(22)20-15-6-4-3-5-14(15)18/h3-11H,2H2,1H3,(H,20,22)(H,21,23)/b19-11+. The van der Waals surface area contributed by atoms with Crippen LogP contribution >= 0.6 is 11.6 Å². The number of halogens is 1. The molecule has 0 atom stereocenters. The predicted molar refractivity (Wildman–Crippen MR) is 93.4 cm³/mol. The number of rotatable bonds is 5. The van der Waals surface area contributed by atoms with Gasteiger partial charge in [-0.3, -0.25) is 9.59 Å². The van der Waals surface area contributed by atoms with Crippen LogP contribution in [0.4, 0.5) is 5.69 Å². The van der Waals surface area contributed by atoms with Gasteiger partial charge in [0.2, 0.25) is 0 Å². The number of ether oxygens (including phenoxy) is 1. The van der Waals surface area contributed by atoms with Crippen LogP contribution in [0.15, 0.2) is 53.6 Å². The first-order valence-corrected chi connectivity index (χ1v) is 7.59. The van der Waals surface area contributed by atoms with Crippen LogP contribution in [0, 0.1) is 0 Å². The van der Waals surface area contributed by atoms with Crippen molar-refractivity contribution in [3.05, 3.63) is 59.1 Å². The lowest BCUT2D eigenvalue weighted by atomic mass is 10.2. The molecular weight excluding hydrogens is 330 g/mol. The monoisotopic (exact) mass is 345 g/mol. The molecule has 0 radical (unpaired) electrons. The summed E-state index contributed by atoms with van der Waals surface area (Å²) in [6, 6.07) is 13.8. The molecule has 0 unspecified atom stereocenters. The van der Waals surface area contributed by atoms with Crippen molar-refractivity contribution in [3.8, 4) is 5.75 Å². The summed E-state index contributed by atoms with van der Waals surface area (Å²) >= 11 is 5.91. The molecule has 0 saturated heterocycles. The SMILES string of the molecule is CCOc1ccc(/C=N/NC(=O)C(=O)Nc2ccccc2Cl)cc1. The van der Waals surface area contributed by atoms with Gasteiger partial charge in [0.15, 0.2) is 0 Å². The molecule has 0 aliphatic heterocycles. The van der Waals surface area contributed by atoms with Crippen LogP contribution in [-0.2, 0) is 9.59 Å². The van der Waals surface area contributed by atoms with Gasteiger partial charge in [0.05, 0.1) is 23.5 Å². The van der Waals surface area contributed by atoms with Crippen molar-refractivity contribution in [3.63, 3.8) is 0 Å². The maximum atomic E-state index is 11.8. The molecule has 7 heteroatoms. The number of hydrogen-bond acceptors (Lipinski definition) is 4. The Morgan fingerprint density at radius 2 is 1.83 bits per heavy atom. The van der Waals surface area contributed by atoms with Gasteiger partial charge in [0.1, 0.15) is 5.75 Å². The molecule has 2 amide bonds. The molecule has 0 spiro atoms. The molecule has 6 nitrogen and oxygen atoms in total. The largest absolute Gasteiger partial charge is 0.494 e. The smallest absolute Gasteiger partial charge is 0.329 e. The number of para-hydroxylation sites is 1. The minimum absolute atomic E-state index is 0.344. The molecule has 0 aliphatic carbocycles. The van der Waals surface area contributed by atoms with Crippen LogP contribution in [0.2, 0.25) is 5.02 Å². The molecular formula is C17H16ClN3O3. The van der Waals surface area contributed by atoms with E-state index >= 15 is 0 Å². The van der Waals surface area contributed by atoms with Crippen molar-refractivity contribution in [1.29, 1.82) is 0 Å². The zero-order valence-electron chi connectivity index (χ0n) is 13.0. The number of carbonyl (C=O) groups is 2. The number of nitrogens with one attached hydrogen (secondary N) is 2. The minimum Gasteiger partial charge on any atom is -0.494 e. The Balaban J connectivity index is 1.87. The van der Waals surface area contributed by atoms with Gasteiger partial charge in [0, 0.05) is 0 Å². The average molecular weight is 346 g/mol. The maximum Gasteiger partial charge on any atom is 0.329 e. The summed E-state index contributed by atoms with van der Waals surface area (Å²) in [4.78, 5) is 23.4. The van der Waals surface area contributed by atoms with Crippen LogP contribution in [0.1, 0.15) is 12.5 Å². The molecule has 0 saturated carbocycles. The quantitative estimate of drug-likeness (QED) is 0.497. The lowest BCUT2D eigenvalue weighted by Gasteiger charge is -2.05. The van der Waals surface area contributed by atoms with Crippen molar-refractivity contribution in [2.24, 2.45) is 5.10 Å². The van der Waals surface area contributed by atoms with Gasteiger partial charge in [0.25, 0.3) is 0 Å². The molecule has 2 N–H and O–H groups in total. The van der Waals surface area contributed by atoms with E-state index in [9.17, 15) is 9.59 Å². The Morgan fingerprint density at radius 3 is 2.50 bits per heavy atom. The zero-order valence-corrected chi connectivity index (χ0v) is 13.7. The zero-order chi connectivity index (χ0) is 17.4. The summed E-state index contributed by atoms with van der Waals surface area (Å²) < 4.78 is 5.32. The number of anilines is 1. The van der Waals surface area contributed by atoms with Crippen molar-refractivity contribution < 1.29 is 14.3 Å². The lowest BCUT2D eigenvalue weighted by molar-refractivity contribution is -0.136. The highest BCUT2D eigenvalue weighted by Gasteiger charge is 2.13. The fourth-order valence-electron chi connectivity index (χ4n) is 1.77. The normalized spacial score (nSPS) is 10.4. The van der Waals surface area contributed by atoms with Gasteiger partial charge in [-0.05, 0) is 48.9 Å². The topological polar surface area (TPSA) is 79.8 Å². The number of hydrazone groups is 1. The maximum absolute atomic E-state index is 11.8. The van der Waals surface area contributed by atoms with Crippen LogP contribution < -0.4 is 15.5 Å². The van der Waals surface area contributed by atoms with Crippen molar-refractivity contribution in [2.75, 3.05) is 11.9 Å². The summed E-state index contributed by atoms with van der Waals surface area (Å²) in [5.74, 6) is -0.998. The van der Waals surface area contributed by atoms with Crippen LogP contribution in [0.25, 0.3) is 0 Å². The van der Waals surface area contributed by atoms with Gasteiger partial charge in [-0.25, -0.2) is 5.43 Å². The molecule has 0 bridgehead atoms. The Kier molecular flexibility index (Phi) is 6.33. The summed E-state index contributed by atoms with van der Waals surface area (Å²) in [5, 5.41) is 6.49. The number of hydrogen-bond donors (Lipinski definition) is 2. The van der Waals surface area contributed by atoms with Crippen LogP contribution in [0.3, 0.4) is 0 Å². The van der Waals surface area contributed by atoms with E-state index in [-0.39, 0.29) is 0 Å². The fraction of sp³-hybridized carbons (Fsp3) is 0.118. The first-order valence-electron chi connectivity index (χ1n) is 7.22. The van der Waals surface area contributed by atoms with Crippen LogP contribution in [0.5, 0.6) is 5.75 Å². The van der Waals surface area contributed by atoms with Crippen LogP contribution in [-0.4, -0.2) is 24.6 Å². The Morgan fingerprint density at radius 1 is 1.12 bits per heavy atom. The molecule has 2 aromatic rings. The Hall–Kier alpha value is -2.86. The van der Waals surface area contributed by atoms with Gasteiger partial charge in [-0.15, -0.1) is 0 Å². The van der Waals surface area contributed by atoms with Gasteiger partial charge < -0.3 is 10.1 Å². The highest BCUT2D eigenvalue weighted by molar-refractivity contribution is 6.41. The van der Waals surface area contributed by atoms with Crippen molar-refractivity contribution >= 4 is 35.3 Å². The number of carbonyl (C=O) groups excluding carboxylic acids is 2. The van der Waals surface area contributed by atoms with E-state index in [1.165, 1.54) is 6.21 Å². The summed E-state index contributed by atoms with van der Waals surface area (Å²) in [6.45, 7) is 2.49. The van der Waals surface area contributed by atoms with Crippen molar-refractivity contribution in [1.82, 2.24) is 5.43 Å². The molecule has 0 heterocycles. The van der Waals surface area contributed by atoms with E-state index < -0.39 is 11.8 Å². The lowest BCUT2D eigenvalue weighted by Crippen LogP contribution is -2.32. The third-order valence-electron chi connectivity index (χ3n) is 2.90. The average Bonchev–Trinajstić information content (AvgIpc) is 2.58. The van der Waals surface area contributed by atoms with Crippen molar-refractivity contribution in [2.45, 2.75) is 6.92 Å². The first kappa shape index (κ1) is 17.5. The summed E-state index contributed by atoms with van der Waals surface area (Å²) in [6.07, 6.45) is 1.43. The van der Waals surface area contributed by atoms with Gasteiger partial charge >= 0.3 is 11.8 Å². The number of amides is 2. The summed E-state index contributed by atoms with van der Waals surface area (Å²) in [7, 11) is 0. The Bertz CT molecular complexity index is 745. The van der Waals surface area contributed by atoms with E-state index in [1.54, 1.807) is 48.5 Å². The third-order valence-corrected chi connectivity index (χ3v) is 3.23. The first-order chi connectivity index (χ1) is 11.6. The molecule has 24 heavy (non-hydrogen) atoms. The molecule has 0 aromatic heterocycles. The third kappa shape index (κ3) is 5.10. The Labute approximate surface area is 144 Å². The second-order valence-corrected chi connectivity index (χ2v) is 5.04. The molecule has 124 valence electrons. The number of nitrogens with zero attached hydrogens (tertiary/aromatic N) is 1. The van der Waals surface area contributed by atoms with E-state index in [1.807, 2.05) is 6.92 Å². The van der Waals surface area contributed by atoms with E-state index in [2.05, 4.69) is 15.8 Å². The highest BCUT2D eigenvalue weighted by atomic mass is 35.5.